The van der Waals surface area contributed by atoms with Gasteiger partial charge in [-0.05, 0) is 13.3 Å². The Morgan fingerprint density at radius 1 is 1.69 bits per heavy atom. The quantitative estimate of drug-likeness (QED) is 0.471. The first-order valence-corrected chi connectivity index (χ1v) is 4.25. The predicted octanol–water partition coefficient (Wildman–Crippen LogP) is 0.688. The van der Waals surface area contributed by atoms with Crippen LogP contribution in [0.3, 0.4) is 0 Å². The van der Waals surface area contributed by atoms with E-state index in [9.17, 15) is 4.79 Å². The fourth-order valence-corrected chi connectivity index (χ4v) is 0.701. The number of ether oxygens (including phenoxy) is 2. The summed E-state index contributed by atoms with van der Waals surface area (Å²) in [6, 6.07) is 0. The van der Waals surface area contributed by atoms with Crippen LogP contribution in [-0.4, -0.2) is 32.3 Å². The van der Waals surface area contributed by atoms with Crippen LogP contribution in [0.15, 0.2) is 12.8 Å². The van der Waals surface area contributed by atoms with Gasteiger partial charge in [-0.3, -0.25) is 4.79 Å². The van der Waals surface area contributed by atoms with Gasteiger partial charge in [0.25, 0.3) is 0 Å². The lowest BCUT2D eigenvalue weighted by Crippen LogP contribution is -2.34. The number of hydrogen-bond donors (Lipinski definition) is 1. The molecule has 0 aromatic rings. The third-order valence-electron chi connectivity index (χ3n) is 1.58. The Hall–Kier alpha value is -1.03. The molecule has 4 heteroatoms. The van der Waals surface area contributed by atoms with Crippen LogP contribution in [0.4, 0.5) is 0 Å². The van der Waals surface area contributed by atoms with E-state index in [2.05, 4.69) is 11.9 Å². The highest BCUT2D eigenvalue weighted by Crippen LogP contribution is 1.87. The first-order valence-electron chi connectivity index (χ1n) is 4.25. The van der Waals surface area contributed by atoms with E-state index in [1.165, 1.54) is 13.4 Å². The maximum absolute atomic E-state index is 11.1. The summed E-state index contributed by atoms with van der Waals surface area (Å²) < 4.78 is 9.71. The Bertz CT molecular complexity index is 159. The van der Waals surface area contributed by atoms with Gasteiger partial charge >= 0.3 is 0 Å². The van der Waals surface area contributed by atoms with Gasteiger partial charge in [-0.1, -0.05) is 6.58 Å². The zero-order valence-corrected chi connectivity index (χ0v) is 8.21. The van der Waals surface area contributed by atoms with E-state index in [1.54, 1.807) is 6.92 Å². The molecule has 13 heavy (non-hydrogen) atoms. The van der Waals surface area contributed by atoms with Crippen molar-refractivity contribution in [1.29, 1.82) is 0 Å². The molecule has 4 nitrogen and oxygen atoms in total. The number of hydrogen-bond acceptors (Lipinski definition) is 3. The van der Waals surface area contributed by atoms with Crippen molar-refractivity contribution in [2.24, 2.45) is 0 Å². The summed E-state index contributed by atoms with van der Waals surface area (Å²) in [4.78, 5) is 11.1. The van der Waals surface area contributed by atoms with E-state index in [1.807, 2.05) is 0 Å². The van der Waals surface area contributed by atoms with Gasteiger partial charge in [0.1, 0.15) is 6.10 Å². The molecule has 1 N–H and O–H groups in total. The minimum atomic E-state index is -0.389. The summed E-state index contributed by atoms with van der Waals surface area (Å²) in [5.74, 6) is -0.0962. The average molecular weight is 187 g/mol. The van der Waals surface area contributed by atoms with Crippen LogP contribution in [0.5, 0.6) is 0 Å². The number of rotatable bonds is 7. The maximum atomic E-state index is 11.1. The minimum Gasteiger partial charge on any atom is -0.502 e. The van der Waals surface area contributed by atoms with E-state index < -0.39 is 0 Å². The van der Waals surface area contributed by atoms with Crippen molar-refractivity contribution in [1.82, 2.24) is 5.32 Å². The third-order valence-corrected chi connectivity index (χ3v) is 1.58. The molecule has 0 aliphatic carbocycles. The van der Waals surface area contributed by atoms with Gasteiger partial charge in [-0.15, -0.1) is 0 Å². The predicted molar refractivity (Wildman–Crippen MR) is 50.2 cm³/mol. The molecule has 0 spiro atoms. The summed E-state index contributed by atoms with van der Waals surface area (Å²) in [6.07, 6.45) is 1.77. The van der Waals surface area contributed by atoms with Crippen molar-refractivity contribution in [3.63, 3.8) is 0 Å². The first kappa shape index (κ1) is 12.0. The molecular formula is C9H17NO3. The molecular weight excluding hydrogens is 170 g/mol. The summed E-state index contributed by atoms with van der Waals surface area (Å²) in [5.41, 5.74) is 0. The zero-order chi connectivity index (χ0) is 10.1. The van der Waals surface area contributed by atoms with Crippen LogP contribution in [0, 0.1) is 0 Å². The molecule has 0 aliphatic rings. The SMILES string of the molecule is C=COCCCNC(=O)C(C)OC. The number of methoxy groups -OCH3 is 1. The molecule has 0 rings (SSSR count). The van der Waals surface area contributed by atoms with Gasteiger partial charge in [-0.2, -0.15) is 0 Å². The monoisotopic (exact) mass is 187 g/mol. The Morgan fingerprint density at radius 3 is 2.92 bits per heavy atom. The van der Waals surface area contributed by atoms with Crippen LogP contribution >= 0.6 is 0 Å². The molecule has 1 unspecified atom stereocenters. The van der Waals surface area contributed by atoms with Gasteiger partial charge in [0.05, 0.1) is 12.9 Å². The van der Waals surface area contributed by atoms with Gasteiger partial charge in [0.15, 0.2) is 0 Å². The number of nitrogens with one attached hydrogen (secondary N) is 1. The molecule has 0 saturated carbocycles. The van der Waals surface area contributed by atoms with Gasteiger partial charge in [0.2, 0.25) is 5.91 Å². The molecule has 1 atom stereocenters. The normalized spacial score (nSPS) is 11.8. The molecule has 0 aliphatic heterocycles. The summed E-state index contributed by atoms with van der Waals surface area (Å²) >= 11 is 0. The second kappa shape index (κ2) is 7.61. The van der Waals surface area contributed by atoms with Crippen LogP contribution in [-0.2, 0) is 14.3 Å². The minimum absolute atomic E-state index is 0.0962. The highest BCUT2D eigenvalue weighted by molar-refractivity contribution is 5.80. The van der Waals surface area contributed by atoms with Gasteiger partial charge in [0, 0.05) is 13.7 Å². The van der Waals surface area contributed by atoms with Crippen molar-refractivity contribution in [2.45, 2.75) is 19.4 Å². The molecule has 0 radical (unpaired) electrons. The standard InChI is InChI=1S/C9H17NO3/c1-4-13-7-5-6-10-9(11)8(2)12-3/h4,8H,1,5-7H2,2-3H3,(H,10,11). The number of amides is 1. The lowest BCUT2D eigenvalue weighted by atomic mass is 10.3. The topological polar surface area (TPSA) is 47.6 Å². The molecule has 1 amide bonds. The van der Waals surface area contributed by atoms with Crippen LogP contribution in [0.25, 0.3) is 0 Å². The van der Waals surface area contributed by atoms with Crippen LogP contribution in [0.2, 0.25) is 0 Å². The lowest BCUT2D eigenvalue weighted by Gasteiger charge is -2.09. The third kappa shape index (κ3) is 6.16. The highest BCUT2D eigenvalue weighted by Gasteiger charge is 2.09. The Labute approximate surface area is 78.9 Å². The fraction of sp³-hybridized carbons (Fsp3) is 0.667. The van der Waals surface area contributed by atoms with Crippen molar-refractivity contribution in [3.05, 3.63) is 12.8 Å². The second-order valence-electron chi connectivity index (χ2n) is 2.56. The first-order chi connectivity index (χ1) is 6.22. The van der Waals surface area contributed by atoms with Crippen molar-refractivity contribution in [2.75, 3.05) is 20.3 Å². The Morgan fingerprint density at radius 2 is 2.38 bits per heavy atom. The van der Waals surface area contributed by atoms with E-state index in [-0.39, 0.29) is 12.0 Å². The van der Waals surface area contributed by atoms with Crippen molar-refractivity contribution < 1.29 is 14.3 Å². The molecule has 0 fully saturated rings. The van der Waals surface area contributed by atoms with Crippen molar-refractivity contribution >= 4 is 5.91 Å². The maximum Gasteiger partial charge on any atom is 0.248 e. The Kier molecular flexibility index (Phi) is 7.01. The van der Waals surface area contributed by atoms with Crippen LogP contribution < -0.4 is 5.32 Å². The van der Waals surface area contributed by atoms with Crippen LogP contribution in [0.1, 0.15) is 13.3 Å². The highest BCUT2D eigenvalue weighted by atomic mass is 16.5. The van der Waals surface area contributed by atoms with Crippen molar-refractivity contribution in [3.8, 4) is 0 Å². The molecule has 0 aromatic carbocycles. The molecule has 0 saturated heterocycles. The van der Waals surface area contributed by atoms with E-state index >= 15 is 0 Å². The van der Waals surface area contributed by atoms with Gasteiger partial charge < -0.3 is 14.8 Å². The summed E-state index contributed by atoms with van der Waals surface area (Å²) in [5, 5.41) is 2.71. The lowest BCUT2D eigenvalue weighted by molar-refractivity contribution is -0.130. The summed E-state index contributed by atoms with van der Waals surface area (Å²) in [6.45, 7) is 6.28. The van der Waals surface area contributed by atoms with Gasteiger partial charge in [-0.25, -0.2) is 0 Å². The number of carbonyl (C=O) groups excluding carboxylic acids is 1. The van der Waals surface area contributed by atoms with E-state index in [0.29, 0.717) is 13.2 Å². The smallest absolute Gasteiger partial charge is 0.248 e. The molecule has 0 aromatic heterocycles. The number of carbonyl (C=O) groups is 1. The Balaban J connectivity index is 3.31. The largest absolute Gasteiger partial charge is 0.502 e. The fourth-order valence-electron chi connectivity index (χ4n) is 0.701. The van der Waals surface area contributed by atoms with E-state index in [0.717, 1.165) is 6.42 Å². The second-order valence-corrected chi connectivity index (χ2v) is 2.56. The zero-order valence-electron chi connectivity index (χ0n) is 8.21. The summed E-state index contributed by atoms with van der Waals surface area (Å²) in [7, 11) is 1.51. The van der Waals surface area contributed by atoms with E-state index in [4.69, 9.17) is 9.47 Å². The average Bonchev–Trinajstić information content (AvgIpc) is 2.16. The molecule has 0 heterocycles. The molecule has 0 bridgehead atoms. The molecule has 76 valence electrons.